The summed E-state index contributed by atoms with van der Waals surface area (Å²) in [5.74, 6) is 0.289. The molecule has 2 aromatic heterocycles. The molecule has 0 aromatic carbocycles. The maximum Gasteiger partial charge on any atom is 0.167 e. The van der Waals surface area contributed by atoms with Crippen LogP contribution in [0.5, 0.6) is 0 Å². The Bertz CT molecular complexity index is 679. The average Bonchev–Trinajstić information content (AvgIpc) is 3.03. The average molecular weight is 276 g/mol. The van der Waals surface area contributed by atoms with Crippen LogP contribution in [0.4, 0.5) is 5.82 Å². The van der Waals surface area contributed by atoms with Gasteiger partial charge in [0.05, 0.1) is 25.1 Å². The van der Waals surface area contributed by atoms with Gasteiger partial charge in [-0.1, -0.05) is 5.11 Å². The van der Waals surface area contributed by atoms with E-state index in [2.05, 4.69) is 25.0 Å². The first kappa shape index (κ1) is 12.6. The SMILES string of the molecule is [N-]=[N+]=N[C@H]1C[C@@H](n2cnc3c(N)ncnc32)O[C@H]1CO. The molecular weight excluding hydrogens is 264 g/mol. The molecule has 2 aromatic rings. The van der Waals surface area contributed by atoms with E-state index in [4.69, 9.17) is 16.0 Å². The van der Waals surface area contributed by atoms with Crippen LogP contribution in [-0.4, -0.2) is 43.4 Å². The summed E-state index contributed by atoms with van der Waals surface area (Å²) in [4.78, 5) is 14.9. The van der Waals surface area contributed by atoms with E-state index in [9.17, 15) is 5.11 Å². The molecule has 0 bridgehead atoms. The number of azide groups is 1. The molecule has 0 unspecified atom stereocenters. The highest BCUT2D eigenvalue weighted by Crippen LogP contribution is 2.32. The van der Waals surface area contributed by atoms with Gasteiger partial charge in [0.15, 0.2) is 11.5 Å². The molecule has 0 aliphatic carbocycles. The van der Waals surface area contributed by atoms with Gasteiger partial charge < -0.3 is 15.6 Å². The van der Waals surface area contributed by atoms with E-state index >= 15 is 0 Å². The lowest BCUT2D eigenvalue weighted by Crippen LogP contribution is -2.22. The second kappa shape index (κ2) is 4.93. The Balaban J connectivity index is 1.96. The molecule has 0 amide bonds. The number of fused-ring (bicyclic) bond motifs is 1. The summed E-state index contributed by atoms with van der Waals surface area (Å²) in [5.41, 5.74) is 15.3. The fraction of sp³-hybridized carbons (Fsp3) is 0.500. The molecule has 1 aliphatic rings. The number of aliphatic hydroxyl groups is 1. The summed E-state index contributed by atoms with van der Waals surface area (Å²) in [7, 11) is 0. The minimum absolute atomic E-state index is 0.218. The van der Waals surface area contributed by atoms with Crippen LogP contribution in [0.1, 0.15) is 12.6 Å². The minimum Gasteiger partial charge on any atom is -0.394 e. The second-order valence-electron chi connectivity index (χ2n) is 4.40. The van der Waals surface area contributed by atoms with Gasteiger partial charge in [-0.3, -0.25) is 4.57 Å². The molecule has 104 valence electrons. The molecule has 20 heavy (non-hydrogen) atoms. The quantitative estimate of drug-likeness (QED) is 0.470. The second-order valence-corrected chi connectivity index (χ2v) is 4.40. The lowest BCUT2D eigenvalue weighted by atomic mass is 10.1. The van der Waals surface area contributed by atoms with Crippen molar-refractivity contribution in [3.05, 3.63) is 23.1 Å². The van der Waals surface area contributed by atoms with Crippen molar-refractivity contribution in [2.75, 3.05) is 12.3 Å². The van der Waals surface area contributed by atoms with Crippen molar-refractivity contribution in [2.24, 2.45) is 5.11 Å². The smallest absolute Gasteiger partial charge is 0.167 e. The molecule has 3 atom stereocenters. The van der Waals surface area contributed by atoms with E-state index < -0.39 is 18.4 Å². The van der Waals surface area contributed by atoms with Gasteiger partial charge in [0.1, 0.15) is 18.1 Å². The Morgan fingerprint density at radius 1 is 1.55 bits per heavy atom. The topological polar surface area (TPSA) is 148 Å². The molecule has 10 heteroatoms. The summed E-state index contributed by atoms with van der Waals surface area (Å²) in [5, 5.41) is 12.9. The van der Waals surface area contributed by atoms with Crippen molar-refractivity contribution in [2.45, 2.75) is 24.8 Å². The maximum atomic E-state index is 9.26. The van der Waals surface area contributed by atoms with Gasteiger partial charge in [-0.2, -0.15) is 0 Å². The van der Waals surface area contributed by atoms with Crippen LogP contribution in [0.2, 0.25) is 0 Å². The van der Waals surface area contributed by atoms with Crippen molar-refractivity contribution in [1.82, 2.24) is 19.5 Å². The van der Waals surface area contributed by atoms with Crippen LogP contribution in [0.15, 0.2) is 17.8 Å². The fourth-order valence-electron chi connectivity index (χ4n) is 2.32. The third-order valence-corrected chi connectivity index (χ3v) is 3.28. The summed E-state index contributed by atoms with van der Waals surface area (Å²) in [6, 6.07) is -0.424. The fourth-order valence-corrected chi connectivity index (χ4v) is 2.32. The molecule has 1 fully saturated rings. The summed E-state index contributed by atoms with van der Waals surface area (Å²) in [6.07, 6.45) is 2.38. The lowest BCUT2D eigenvalue weighted by molar-refractivity contribution is -0.0233. The maximum absolute atomic E-state index is 9.26. The molecule has 1 aliphatic heterocycles. The van der Waals surface area contributed by atoms with Gasteiger partial charge in [0.2, 0.25) is 0 Å². The first-order valence-electron chi connectivity index (χ1n) is 5.98. The number of nitrogens with zero attached hydrogens (tertiary/aromatic N) is 7. The van der Waals surface area contributed by atoms with Crippen LogP contribution in [0.25, 0.3) is 21.6 Å². The third-order valence-electron chi connectivity index (χ3n) is 3.28. The number of nitrogens with two attached hydrogens (primary N) is 1. The number of ether oxygens (including phenoxy) is 1. The molecule has 3 N–H and O–H groups in total. The van der Waals surface area contributed by atoms with Crippen molar-refractivity contribution in [1.29, 1.82) is 0 Å². The van der Waals surface area contributed by atoms with E-state index in [0.717, 1.165) is 0 Å². The Labute approximate surface area is 112 Å². The van der Waals surface area contributed by atoms with Crippen LogP contribution in [-0.2, 0) is 4.74 Å². The van der Waals surface area contributed by atoms with Gasteiger partial charge in [0.25, 0.3) is 0 Å². The standard InChI is InChI=1S/C10H12N8O2/c11-9-8-10(14-3-13-9)18(4-15-8)7-1-5(16-17-12)6(2-19)20-7/h3-7,19H,1-2H2,(H2,11,13,14)/t5-,6-,7-/m0/s1. The first-order valence-corrected chi connectivity index (χ1v) is 5.98. The van der Waals surface area contributed by atoms with Gasteiger partial charge in [-0.05, 0) is 5.53 Å². The zero-order valence-electron chi connectivity index (χ0n) is 10.4. The van der Waals surface area contributed by atoms with Gasteiger partial charge >= 0.3 is 0 Å². The number of aromatic nitrogens is 4. The number of aliphatic hydroxyl groups excluding tert-OH is 1. The van der Waals surface area contributed by atoms with Gasteiger partial charge in [-0.15, -0.1) is 0 Å². The van der Waals surface area contributed by atoms with Crippen molar-refractivity contribution in [3.8, 4) is 0 Å². The van der Waals surface area contributed by atoms with Gasteiger partial charge in [-0.25, -0.2) is 15.0 Å². The van der Waals surface area contributed by atoms with E-state index in [1.54, 1.807) is 10.9 Å². The highest BCUT2D eigenvalue weighted by molar-refractivity contribution is 5.81. The molecule has 3 rings (SSSR count). The van der Waals surface area contributed by atoms with Crippen LogP contribution < -0.4 is 5.73 Å². The molecule has 10 nitrogen and oxygen atoms in total. The van der Waals surface area contributed by atoms with Crippen LogP contribution in [0.3, 0.4) is 0 Å². The number of anilines is 1. The zero-order chi connectivity index (χ0) is 14.1. The van der Waals surface area contributed by atoms with Crippen LogP contribution in [0, 0.1) is 0 Å². The van der Waals surface area contributed by atoms with E-state index in [1.165, 1.54) is 6.33 Å². The summed E-state index contributed by atoms with van der Waals surface area (Å²) >= 11 is 0. The monoisotopic (exact) mass is 276 g/mol. The highest BCUT2D eigenvalue weighted by atomic mass is 16.5. The van der Waals surface area contributed by atoms with Crippen LogP contribution >= 0.6 is 0 Å². The number of nitrogen functional groups attached to an aromatic ring is 1. The summed E-state index contributed by atoms with van der Waals surface area (Å²) in [6.45, 7) is -0.218. The number of hydrogen-bond donors (Lipinski definition) is 2. The molecule has 0 saturated carbocycles. The van der Waals surface area contributed by atoms with Crippen molar-refractivity contribution >= 4 is 17.0 Å². The largest absolute Gasteiger partial charge is 0.394 e. The van der Waals surface area contributed by atoms with Crippen molar-refractivity contribution < 1.29 is 9.84 Å². The molecule has 3 heterocycles. The molecule has 0 spiro atoms. The Kier molecular flexibility index (Phi) is 3.11. The highest BCUT2D eigenvalue weighted by Gasteiger charge is 2.36. The Hall–Kier alpha value is -2.42. The Morgan fingerprint density at radius 3 is 3.15 bits per heavy atom. The molecule has 0 radical (unpaired) electrons. The molecule has 1 saturated heterocycles. The Morgan fingerprint density at radius 2 is 2.40 bits per heavy atom. The van der Waals surface area contributed by atoms with Gasteiger partial charge in [0, 0.05) is 11.3 Å². The normalized spacial score (nSPS) is 25.8. The predicted molar refractivity (Wildman–Crippen MR) is 68.3 cm³/mol. The zero-order valence-corrected chi connectivity index (χ0v) is 10.4. The van der Waals surface area contributed by atoms with Crippen molar-refractivity contribution in [3.63, 3.8) is 0 Å². The van der Waals surface area contributed by atoms with E-state index in [-0.39, 0.29) is 12.4 Å². The number of hydrogen-bond acceptors (Lipinski definition) is 7. The molecular formula is C10H12N8O2. The predicted octanol–water partition coefficient (Wildman–Crippen LogP) is 0.367. The van der Waals surface area contributed by atoms with E-state index in [1.807, 2.05) is 0 Å². The summed E-state index contributed by atoms with van der Waals surface area (Å²) < 4.78 is 7.37. The first-order chi connectivity index (χ1) is 9.74. The lowest BCUT2D eigenvalue weighted by Gasteiger charge is -2.13. The van der Waals surface area contributed by atoms with E-state index in [0.29, 0.717) is 17.6 Å². The number of imidazole rings is 1. The third kappa shape index (κ3) is 1.92. The minimum atomic E-state index is -0.535. The number of rotatable bonds is 3.